The number of unbranched alkanes of at least 4 members (excludes halogenated alkanes) is 1. The lowest BCUT2D eigenvalue weighted by Crippen LogP contribution is -2.17. The van der Waals surface area contributed by atoms with E-state index in [0.717, 1.165) is 5.56 Å². The molecule has 2 N–H and O–H groups in total. The van der Waals surface area contributed by atoms with Crippen LogP contribution in [0.4, 0.5) is 4.39 Å². The predicted octanol–water partition coefficient (Wildman–Crippen LogP) is 3.59. The minimum Gasteiger partial charge on any atom is -0.481 e. The molecule has 0 unspecified atom stereocenters. The number of carbonyl (C=O) groups is 2. The van der Waals surface area contributed by atoms with Crippen LogP contribution in [0.5, 0.6) is 0 Å². The van der Waals surface area contributed by atoms with Gasteiger partial charge in [-0.05, 0) is 61.7 Å². The molecule has 3 aromatic rings. The Kier molecular flexibility index (Phi) is 5.93. The summed E-state index contributed by atoms with van der Waals surface area (Å²) in [6.45, 7) is 0. The molecule has 1 aromatic heterocycles. The molecule has 0 saturated carbocycles. The SMILES string of the molecule is CNC(=O)c1ccc2nc(-c3ccc(F)cc3)c(CCCCC(=O)O)nc2c1. The lowest BCUT2D eigenvalue weighted by atomic mass is 10.0. The Morgan fingerprint density at radius 2 is 1.79 bits per heavy atom. The number of hydrogen-bond acceptors (Lipinski definition) is 4. The van der Waals surface area contributed by atoms with Crippen LogP contribution in [-0.4, -0.2) is 34.0 Å². The fourth-order valence-corrected chi connectivity index (χ4v) is 2.96. The Balaban J connectivity index is 2.02. The van der Waals surface area contributed by atoms with E-state index in [1.165, 1.54) is 12.1 Å². The molecule has 6 nitrogen and oxygen atoms in total. The molecule has 0 radical (unpaired) electrons. The zero-order valence-corrected chi connectivity index (χ0v) is 15.4. The number of carboxylic acid groups (broad SMARTS) is 1. The van der Waals surface area contributed by atoms with Crippen LogP contribution >= 0.6 is 0 Å². The van der Waals surface area contributed by atoms with E-state index >= 15 is 0 Å². The van der Waals surface area contributed by atoms with Crippen molar-refractivity contribution in [1.82, 2.24) is 15.3 Å². The molecule has 0 aliphatic heterocycles. The molecular weight excluding hydrogens is 361 g/mol. The molecule has 7 heteroatoms. The van der Waals surface area contributed by atoms with Crippen molar-refractivity contribution in [3.8, 4) is 11.3 Å². The fraction of sp³-hybridized carbons (Fsp3) is 0.238. The second-order valence-electron chi connectivity index (χ2n) is 6.41. The van der Waals surface area contributed by atoms with E-state index in [4.69, 9.17) is 5.11 Å². The average molecular weight is 381 g/mol. The van der Waals surface area contributed by atoms with Gasteiger partial charge in [-0.25, -0.2) is 14.4 Å². The Labute approximate surface area is 161 Å². The number of nitrogens with zero attached hydrogens (tertiary/aromatic N) is 2. The molecule has 0 fully saturated rings. The first-order chi connectivity index (χ1) is 13.5. The van der Waals surface area contributed by atoms with Crippen molar-refractivity contribution >= 4 is 22.9 Å². The van der Waals surface area contributed by atoms with E-state index in [1.54, 1.807) is 37.4 Å². The molecule has 0 spiro atoms. The van der Waals surface area contributed by atoms with Crippen molar-refractivity contribution < 1.29 is 19.1 Å². The first-order valence-corrected chi connectivity index (χ1v) is 8.98. The number of rotatable bonds is 7. The molecule has 0 bridgehead atoms. The number of nitrogens with one attached hydrogen (secondary N) is 1. The summed E-state index contributed by atoms with van der Waals surface area (Å²) in [6.07, 6.45) is 1.78. The average Bonchev–Trinajstić information content (AvgIpc) is 2.70. The maximum Gasteiger partial charge on any atom is 0.303 e. The summed E-state index contributed by atoms with van der Waals surface area (Å²) >= 11 is 0. The number of aryl methyl sites for hydroxylation is 1. The van der Waals surface area contributed by atoms with Crippen LogP contribution in [0.3, 0.4) is 0 Å². The van der Waals surface area contributed by atoms with Gasteiger partial charge in [0.05, 0.1) is 22.4 Å². The smallest absolute Gasteiger partial charge is 0.303 e. The van der Waals surface area contributed by atoms with Gasteiger partial charge < -0.3 is 10.4 Å². The monoisotopic (exact) mass is 381 g/mol. The molecular formula is C21H20FN3O3. The van der Waals surface area contributed by atoms with Crippen molar-refractivity contribution in [3.05, 3.63) is 59.5 Å². The Hall–Kier alpha value is -3.35. The molecule has 28 heavy (non-hydrogen) atoms. The summed E-state index contributed by atoms with van der Waals surface area (Å²) in [5.74, 6) is -1.39. The van der Waals surface area contributed by atoms with E-state index in [9.17, 15) is 14.0 Å². The first kappa shape index (κ1) is 19.4. The third kappa shape index (κ3) is 4.49. The lowest BCUT2D eigenvalue weighted by Gasteiger charge is -2.11. The molecule has 144 valence electrons. The number of halogens is 1. The highest BCUT2D eigenvalue weighted by Crippen LogP contribution is 2.25. The number of fused-ring (bicyclic) bond motifs is 1. The maximum absolute atomic E-state index is 13.3. The van der Waals surface area contributed by atoms with E-state index in [0.29, 0.717) is 47.2 Å². The van der Waals surface area contributed by atoms with Crippen molar-refractivity contribution in [3.63, 3.8) is 0 Å². The van der Waals surface area contributed by atoms with Gasteiger partial charge in [0.1, 0.15) is 5.82 Å². The highest BCUT2D eigenvalue weighted by Gasteiger charge is 2.13. The molecule has 0 atom stereocenters. The number of carbonyl (C=O) groups excluding carboxylic acids is 1. The second-order valence-corrected chi connectivity index (χ2v) is 6.41. The molecule has 3 rings (SSSR count). The van der Waals surface area contributed by atoms with Gasteiger partial charge in [0.2, 0.25) is 0 Å². The summed E-state index contributed by atoms with van der Waals surface area (Å²) in [5, 5.41) is 11.4. The Morgan fingerprint density at radius 1 is 1.04 bits per heavy atom. The van der Waals surface area contributed by atoms with Crippen molar-refractivity contribution in [1.29, 1.82) is 0 Å². The van der Waals surface area contributed by atoms with Gasteiger partial charge in [-0.2, -0.15) is 0 Å². The van der Waals surface area contributed by atoms with E-state index < -0.39 is 5.97 Å². The summed E-state index contributed by atoms with van der Waals surface area (Å²) in [4.78, 5) is 32.0. The molecule has 1 heterocycles. The topological polar surface area (TPSA) is 92.2 Å². The van der Waals surface area contributed by atoms with Crippen molar-refractivity contribution in [2.24, 2.45) is 0 Å². The normalized spacial score (nSPS) is 10.8. The van der Waals surface area contributed by atoms with Crippen molar-refractivity contribution in [2.45, 2.75) is 25.7 Å². The van der Waals surface area contributed by atoms with Gasteiger partial charge in [0.15, 0.2) is 0 Å². The molecule has 2 aromatic carbocycles. The third-order valence-corrected chi connectivity index (χ3v) is 4.40. The van der Waals surface area contributed by atoms with Gasteiger partial charge in [-0.1, -0.05) is 0 Å². The number of carboxylic acids is 1. The van der Waals surface area contributed by atoms with Crippen LogP contribution in [0.15, 0.2) is 42.5 Å². The number of aromatic nitrogens is 2. The van der Waals surface area contributed by atoms with Gasteiger partial charge in [0, 0.05) is 24.6 Å². The summed E-state index contributed by atoms with van der Waals surface area (Å²) in [7, 11) is 1.56. The van der Waals surface area contributed by atoms with Gasteiger partial charge in [-0.15, -0.1) is 0 Å². The van der Waals surface area contributed by atoms with Crippen LogP contribution in [0, 0.1) is 5.82 Å². The van der Waals surface area contributed by atoms with E-state index in [1.807, 2.05) is 0 Å². The molecule has 0 aliphatic rings. The number of aliphatic carboxylic acids is 1. The first-order valence-electron chi connectivity index (χ1n) is 8.98. The summed E-state index contributed by atoms with van der Waals surface area (Å²) < 4.78 is 13.3. The quantitative estimate of drug-likeness (QED) is 0.610. The van der Waals surface area contributed by atoms with Crippen LogP contribution in [0.25, 0.3) is 22.3 Å². The van der Waals surface area contributed by atoms with Crippen LogP contribution < -0.4 is 5.32 Å². The van der Waals surface area contributed by atoms with E-state index in [2.05, 4.69) is 15.3 Å². The largest absolute Gasteiger partial charge is 0.481 e. The second kappa shape index (κ2) is 8.56. The highest BCUT2D eigenvalue weighted by atomic mass is 19.1. The van der Waals surface area contributed by atoms with Gasteiger partial charge in [-0.3, -0.25) is 9.59 Å². The minimum absolute atomic E-state index is 0.0910. The zero-order valence-electron chi connectivity index (χ0n) is 15.4. The number of amides is 1. The lowest BCUT2D eigenvalue weighted by molar-refractivity contribution is -0.137. The van der Waals surface area contributed by atoms with Crippen molar-refractivity contribution in [2.75, 3.05) is 7.05 Å². The summed E-state index contributed by atoms with van der Waals surface area (Å²) in [6, 6.07) is 11.1. The minimum atomic E-state index is -0.835. The molecule has 1 amide bonds. The maximum atomic E-state index is 13.3. The molecule has 0 saturated heterocycles. The third-order valence-electron chi connectivity index (χ3n) is 4.40. The number of benzene rings is 2. The fourth-order valence-electron chi connectivity index (χ4n) is 2.96. The number of hydrogen-bond donors (Lipinski definition) is 2. The highest BCUT2D eigenvalue weighted by molar-refractivity contribution is 5.97. The standard InChI is InChI=1S/C21H20FN3O3/c1-23-21(28)14-8-11-16-18(12-14)24-17(4-2-3-5-19(26)27)20(25-16)13-6-9-15(22)10-7-13/h6-12H,2-5H2,1H3,(H,23,28)(H,26,27). The Bertz CT molecular complexity index is 1020. The van der Waals surface area contributed by atoms with Crippen LogP contribution in [-0.2, 0) is 11.2 Å². The van der Waals surface area contributed by atoms with Crippen LogP contribution in [0.2, 0.25) is 0 Å². The van der Waals surface area contributed by atoms with E-state index in [-0.39, 0.29) is 18.1 Å². The predicted molar refractivity (Wildman–Crippen MR) is 104 cm³/mol. The Morgan fingerprint density at radius 3 is 2.46 bits per heavy atom. The van der Waals surface area contributed by atoms with Gasteiger partial charge in [0.25, 0.3) is 5.91 Å². The zero-order chi connectivity index (χ0) is 20.1. The molecule has 0 aliphatic carbocycles. The van der Waals surface area contributed by atoms with Crippen LogP contribution in [0.1, 0.15) is 35.3 Å². The summed E-state index contributed by atoms with van der Waals surface area (Å²) in [5.41, 5.74) is 3.76. The van der Waals surface area contributed by atoms with Gasteiger partial charge >= 0.3 is 5.97 Å².